The van der Waals surface area contributed by atoms with E-state index in [0.29, 0.717) is 17.9 Å². The molecule has 0 aliphatic heterocycles. The maximum Gasteiger partial charge on any atom is 0.269 e. The minimum Gasteiger partial charge on any atom is -0.466 e. The Hall–Kier alpha value is -2.97. The zero-order chi connectivity index (χ0) is 17.8. The van der Waals surface area contributed by atoms with Gasteiger partial charge < -0.3 is 14.8 Å². The smallest absolute Gasteiger partial charge is 0.269 e. The molecule has 128 valence electrons. The Balaban J connectivity index is 1.60. The molecule has 0 saturated carbocycles. The summed E-state index contributed by atoms with van der Waals surface area (Å²) in [5.74, 6) is 0.139. The lowest BCUT2D eigenvalue weighted by Gasteiger charge is -2.05. The first-order valence-corrected chi connectivity index (χ1v) is 8.19. The fourth-order valence-electron chi connectivity index (χ4n) is 2.23. The largest absolute Gasteiger partial charge is 0.466 e. The summed E-state index contributed by atoms with van der Waals surface area (Å²) in [7, 11) is 0. The van der Waals surface area contributed by atoms with Crippen LogP contribution in [-0.4, -0.2) is 15.9 Å². The van der Waals surface area contributed by atoms with Crippen molar-refractivity contribution in [2.24, 2.45) is 0 Å². The number of carbonyl (C=O) groups is 1. The van der Waals surface area contributed by atoms with Crippen LogP contribution in [0.5, 0.6) is 0 Å². The van der Waals surface area contributed by atoms with Crippen LogP contribution >= 0.6 is 11.3 Å². The van der Waals surface area contributed by atoms with Crippen molar-refractivity contribution in [3.8, 4) is 0 Å². The molecule has 3 aromatic rings. The van der Waals surface area contributed by atoms with E-state index < -0.39 is 11.0 Å². The van der Waals surface area contributed by atoms with E-state index in [9.17, 15) is 20.0 Å². The summed E-state index contributed by atoms with van der Waals surface area (Å²) < 4.78 is 5.18. The van der Waals surface area contributed by atoms with E-state index in [2.05, 4.69) is 5.32 Å². The second-order valence-electron chi connectivity index (χ2n) is 5.21. The average Bonchev–Trinajstić information content (AvgIpc) is 3.31. The third-order valence-electron chi connectivity index (χ3n) is 3.53. The second-order valence-corrected chi connectivity index (χ2v) is 6.41. The Kier molecular flexibility index (Phi) is 4.92. The van der Waals surface area contributed by atoms with Crippen LogP contribution in [0.4, 0.5) is 5.69 Å². The van der Waals surface area contributed by atoms with Gasteiger partial charge in [0.25, 0.3) is 11.6 Å². The number of nitro benzene ring substituents is 1. The Morgan fingerprint density at radius 3 is 2.64 bits per heavy atom. The molecular weight excluding hydrogens is 344 g/mol. The third kappa shape index (κ3) is 3.93. The molecule has 1 atom stereocenters. The zero-order valence-electron chi connectivity index (χ0n) is 12.9. The maximum atomic E-state index is 12.1. The topological polar surface area (TPSA) is 106 Å². The van der Waals surface area contributed by atoms with Crippen LogP contribution < -0.4 is 5.32 Å². The first kappa shape index (κ1) is 16.9. The molecule has 0 spiro atoms. The molecule has 0 fully saturated rings. The minimum atomic E-state index is -0.834. The number of furan rings is 1. The van der Waals surface area contributed by atoms with Crippen LogP contribution in [0.1, 0.15) is 32.0 Å². The van der Waals surface area contributed by atoms with Crippen molar-refractivity contribution in [3.05, 3.63) is 86.0 Å². The van der Waals surface area contributed by atoms with Crippen molar-refractivity contribution in [1.29, 1.82) is 0 Å². The number of hydrogen-bond acceptors (Lipinski definition) is 6. The minimum absolute atomic E-state index is 0.0636. The van der Waals surface area contributed by atoms with Gasteiger partial charge in [-0.05, 0) is 36.4 Å². The Bertz CT molecular complexity index is 871. The van der Waals surface area contributed by atoms with Gasteiger partial charge in [-0.2, -0.15) is 0 Å². The monoisotopic (exact) mass is 358 g/mol. The Morgan fingerprint density at radius 2 is 2.00 bits per heavy atom. The van der Waals surface area contributed by atoms with Crippen molar-refractivity contribution >= 4 is 22.9 Å². The second kappa shape index (κ2) is 7.29. The van der Waals surface area contributed by atoms with Crippen LogP contribution in [0.15, 0.2) is 59.2 Å². The normalized spacial score (nSPS) is 11.9. The molecule has 8 heteroatoms. The van der Waals surface area contributed by atoms with Crippen molar-refractivity contribution in [2.75, 3.05) is 0 Å². The SMILES string of the molecule is O=C(NCc1ccc(C(O)c2ccco2)s1)c1ccc([N+](=O)[O-])cc1. The molecule has 1 unspecified atom stereocenters. The maximum absolute atomic E-state index is 12.1. The lowest BCUT2D eigenvalue weighted by Crippen LogP contribution is -2.22. The van der Waals surface area contributed by atoms with Crippen molar-refractivity contribution in [3.63, 3.8) is 0 Å². The van der Waals surface area contributed by atoms with Crippen molar-refractivity contribution in [1.82, 2.24) is 5.32 Å². The molecule has 0 saturated heterocycles. The molecule has 0 radical (unpaired) electrons. The van der Waals surface area contributed by atoms with Gasteiger partial charge in [0.1, 0.15) is 11.9 Å². The number of thiophene rings is 1. The highest BCUT2D eigenvalue weighted by atomic mass is 32.1. The molecule has 2 N–H and O–H groups in total. The number of benzene rings is 1. The van der Waals surface area contributed by atoms with Crippen LogP contribution in [0, 0.1) is 10.1 Å². The van der Waals surface area contributed by atoms with Gasteiger partial charge in [-0.3, -0.25) is 14.9 Å². The van der Waals surface area contributed by atoms with Gasteiger partial charge in [0, 0.05) is 27.5 Å². The van der Waals surface area contributed by atoms with Crippen molar-refractivity contribution in [2.45, 2.75) is 12.6 Å². The van der Waals surface area contributed by atoms with E-state index in [1.165, 1.54) is 41.9 Å². The highest BCUT2D eigenvalue weighted by Crippen LogP contribution is 2.28. The summed E-state index contributed by atoms with van der Waals surface area (Å²) in [4.78, 5) is 23.8. The van der Waals surface area contributed by atoms with Crippen LogP contribution in [0.3, 0.4) is 0 Å². The highest BCUT2D eigenvalue weighted by Gasteiger charge is 2.16. The summed E-state index contributed by atoms with van der Waals surface area (Å²) in [6, 6.07) is 12.4. The molecule has 0 aliphatic carbocycles. The number of aliphatic hydroxyl groups is 1. The number of non-ortho nitro benzene ring substituents is 1. The van der Waals surface area contributed by atoms with Crippen LogP contribution in [0.25, 0.3) is 0 Å². The van der Waals surface area contributed by atoms with Crippen molar-refractivity contribution < 1.29 is 19.2 Å². The van der Waals surface area contributed by atoms with Crippen LogP contribution in [0.2, 0.25) is 0 Å². The van der Waals surface area contributed by atoms with Gasteiger partial charge in [-0.25, -0.2) is 0 Å². The number of hydrogen-bond donors (Lipinski definition) is 2. The quantitative estimate of drug-likeness (QED) is 0.520. The Labute approximate surface area is 146 Å². The van der Waals surface area contributed by atoms with Gasteiger partial charge in [0.2, 0.25) is 0 Å². The molecule has 0 aliphatic rings. The number of carbonyl (C=O) groups excluding carboxylic acids is 1. The van der Waals surface area contributed by atoms with E-state index in [1.54, 1.807) is 18.2 Å². The molecule has 7 nitrogen and oxygen atoms in total. The predicted octanol–water partition coefficient (Wildman–Crippen LogP) is 3.26. The summed E-state index contributed by atoms with van der Waals surface area (Å²) in [5, 5.41) is 23.6. The van der Waals surface area contributed by atoms with E-state index in [4.69, 9.17) is 4.42 Å². The first-order valence-electron chi connectivity index (χ1n) is 7.37. The van der Waals surface area contributed by atoms with E-state index in [1.807, 2.05) is 6.07 Å². The standard InChI is InChI=1S/C17H14N2O5S/c20-16(14-2-1-9-24-14)15-8-7-13(25-15)10-18-17(21)11-3-5-12(6-4-11)19(22)23/h1-9,16,20H,10H2,(H,18,21). The molecule has 1 amide bonds. The molecule has 3 rings (SSSR count). The molecular formula is C17H14N2O5S. The van der Waals surface area contributed by atoms with Gasteiger partial charge in [0.15, 0.2) is 0 Å². The summed E-state index contributed by atoms with van der Waals surface area (Å²) in [6.45, 7) is 0.297. The molecule has 1 aromatic carbocycles. The molecule has 2 aromatic heterocycles. The number of nitrogens with one attached hydrogen (secondary N) is 1. The molecule has 0 bridgehead atoms. The number of rotatable bonds is 6. The summed E-state index contributed by atoms with van der Waals surface area (Å²) >= 11 is 1.37. The average molecular weight is 358 g/mol. The predicted molar refractivity (Wildman–Crippen MR) is 91.4 cm³/mol. The van der Waals surface area contributed by atoms with E-state index in [0.717, 1.165) is 9.75 Å². The molecule has 2 heterocycles. The van der Waals surface area contributed by atoms with Gasteiger partial charge >= 0.3 is 0 Å². The number of amides is 1. The summed E-state index contributed by atoms with van der Waals surface area (Å²) in [5.41, 5.74) is 0.282. The van der Waals surface area contributed by atoms with Gasteiger partial charge in [0.05, 0.1) is 17.7 Å². The highest BCUT2D eigenvalue weighted by molar-refractivity contribution is 7.12. The fraction of sp³-hybridized carbons (Fsp3) is 0.118. The fourth-order valence-corrected chi connectivity index (χ4v) is 3.17. The number of nitrogens with zero attached hydrogens (tertiary/aromatic N) is 1. The van der Waals surface area contributed by atoms with E-state index in [-0.39, 0.29) is 11.6 Å². The summed E-state index contributed by atoms with van der Waals surface area (Å²) in [6.07, 6.45) is 0.663. The Morgan fingerprint density at radius 1 is 1.24 bits per heavy atom. The van der Waals surface area contributed by atoms with E-state index >= 15 is 0 Å². The lowest BCUT2D eigenvalue weighted by molar-refractivity contribution is -0.384. The number of nitro groups is 1. The first-order chi connectivity index (χ1) is 12.0. The molecule has 25 heavy (non-hydrogen) atoms. The lowest BCUT2D eigenvalue weighted by atomic mass is 10.2. The zero-order valence-corrected chi connectivity index (χ0v) is 13.7. The third-order valence-corrected chi connectivity index (χ3v) is 4.67. The van der Waals surface area contributed by atoms with Gasteiger partial charge in [-0.15, -0.1) is 11.3 Å². The van der Waals surface area contributed by atoms with Gasteiger partial charge in [-0.1, -0.05) is 0 Å². The number of aliphatic hydroxyl groups excluding tert-OH is 1. The van der Waals surface area contributed by atoms with Crippen LogP contribution in [-0.2, 0) is 6.54 Å².